The molecule has 1 nitrogen and oxygen atoms in total. The Morgan fingerprint density at radius 1 is 0.750 bits per heavy atom. The lowest BCUT2D eigenvalue weighted by Crippen LogP contribution is -1.87. The summed E-state index contributed by atoms with van der Waals surface area (Å²) < 4.78 is 3.25. The summed E-state index contributed by atoms with van der Waals surface area (Å²) in [6, 6.07) is 16.7. The lowest BCUT2D eigenvalue weighted by molar-refractivity contribution is 1.09. The monoisotopic (exact) mass is 271 g/mol. The van der Waals surface area contributed by atoms with E-state index in [2.05, 4.69) is 81.4 Å². The third kappa shape index (κ3) is 1.65. The standard InChI is InChI=1S/C14H10BrN/c15-13-5-7-14(8-6-13)16-9-11-3-1-2-4-12(11)10-16/h1-10H. The molecule has 2 heteroatoms. The number of fused-ring (bicyclic) bond motifs is 1. The van der Waals surface area contributed by atoms with Crippen LogP contribution in [0.1, 0.15) is 0 Å². The van der Waals surface area contributed by atoms with Crippen LogP contribution in [0.25, 0.3) is 16.5 Å². The summed E-state index contributed by atoms with van der Waals surface area (Å²) in [4.78, 5) is 0. The zero-order valence-electron chi connectivity index (χ0n) is 8.60. The molecule has 0 bridgehead atoms. The molecular weight excluding hydrogens is 262 g/mol. The van der Waals surface area contributed by atoms with Gasteiger partial charge < -0.3 is 4.57 Å². The maximum atomic E-state index is 3.44. The maximum absolute atomic E-state index is 3.44. The fourth-order valence-electron chi connectivity index (χ4n) is 1.85. The van der Waals surface area contributed by atoms with Gasteiger partial charge in [0.05, 0.1) is 0 Å². The molecule has 0 aliphatic heterocycles. The van der Waals surface area contributed by atoms with Crippen LogP contribution in [0.4, 0.5) is 0 Å². The summed E-state index contributed by atoms with van der Waals surface area (Å²) >= 11 is 3.44. The van der Waals surface area contributed by atoms with Crippen LogP contribution in [-0.4, -0.2) is 4.57 Å². The molecule has 0 saturated carbocycles. The number of hydrogen-bond acceptors (Lipinski definition) is 0. The van der Waals surface area contributed by atoms with Crippen molar-refractivity contribution in [1.82, 2.24) is 4.57 Å². The van der Waals surface area contributed by atoms with Gasteiger partial charge in [-0.2, -0.15) is 0 Å². The van der Waals surface area contributed by atoms with Gasteiger partial charge in [-0.05, 0) is 35.0 Å². The largest absolute Gasteiger partial charge is 0.323 e. The first-order valence-corrected chi connectivity index (χ1v) is 5.95. The van der Waals surface area contributed by atoms with Crippen molar-refractivity contribution in [2.45, 2.75) is 0 Å². The molecule has 1 aromatic heterocycles. The highest BCUT2D eigenvalue weighted by Gasteiger charge is 1.99. The van der Waals surface area contributed by atoms with Gasteiger partial charge in [0.25, 0.3) is 0 Å². The smallest absolute Gasteiger partial charge is 0.0450 e. The van der Waals surface area contributed by atoms with E-state index in [1.165, 1.54) is 16.5 Å². The third-order valence-corrected chi connectivity index (χ3v) is 3.21. The zero-order valence-corrected chi connectivity index (χ0v) is 10.2. The van der Waals surface area contributed by atoms with Gasteiger partial charge in [0.2, 0.25) is 0 Å². The van der Waals surface area contributed by atoms with Gasteiger partial charge in [-0.15, -0.1) is 0 Å². The minimum atomic E-state index is 1.10. The lowest BCUT2D eigenvalue weighted by atomic mass is 10.2. The number of halogens is 1. The highest BCUT2D eigenvalue weighted by atomic mass is 79.9. The number of rotatable bonds is 1. The summed E-state index contributed by atoms with van der Waals surface area (Å²) in [5.41, 5.74) is 1.18. The van der Waals surface area contributed by atoms with Gasteiger partial charge in [0, 0.05) is 22.6 Å². The van der Waals surface area contributed by atoms with Crippen LogP contribution in [0.3, 0.4) is 0 Å². The van der Waals surface area contributed by atoms with Crippen LogP contribution in [0.5, 0.6) is 0 Å². The maximum Gasteiger partial charge on any atom is 0.0450 e. The Bertz CT molecular complexity index is 590. The highest BCUT2D eigenvalue weighted by Crippen LogP contribution is 2.20. The van der Waals surface area contributed by atoms with Crippen LogP contribution < -0.4 is 0 Å². The van der Waals surface area contributed by atoms with E-state index >= 15 is 0 Å². The van der Waals surface area contributed by atoms with Gasteiger partial charge in [0.15, 0.2) is 0 Å². The van der Waals surface area contributed by atoms with Crippen molar-refractivity contribution in [2.75, 3.05) is 0 Å². The lowest BCUT2D eigenvalue weighted by Gasteiger charge is -2.01. The Balaban J connectivity index is 2.15. The van der Waals surface area contributed by atoms with E-state index in [4.69, 9.17) is 0 Å². The SMILES string of the molecule is Brc1ccc(-n2cc3ccccc3c2)cc1. The molecule has 2 aromatic carbocycles. The first kappa shape index (κ1) is 9.67. The van der Waals surface area contributed by atoms with Gasteiger partial charge >= 0.3 is 0 Å². The van der Waals surface area contributed by atoms with E-state index in [0.29, 0.717) is 0 Å². The molecule has 0 amide bonds. The Morgan fingerprint density at radius 3 is 1.88 bits per heavy atom. The fraction of sp³-hybridized carbons (Fsp3) is 0. The van der Waals surface area contributed by atoms with Crippen molar-refractivity contribution >= 4 is 26.7 Å². The average molecular weight is 272 g/mol. The predicted octanol–water partition coefficient (Wildman–Crippen LogP) is 4.39. The normalized spacial score (nSPS) is 10.8. The first-order chi connectivity index (χ1) is 7.83. The van der Waals surface area contributed by atoms with Crippen LogP contribution in [0, 0.1) is 0 Å². The second kappa shape index (κ2) is 3.80. The van der Waals surface area contributed by atoms with E-state index in [-0.39, 0.29) is 0 Å². The van der Waals surface area contributed by atoms with Crippen molar-refractivity contribution in [1.29, 1.82) is 0 Å². The minimum Gasteiger partial charge on any atom is -0.323 e. The predicted molar refractivity (Wildman–Crippen MR) is 71.0 cm³/mol. The first-order valence-electron chi connectivity index (χ1n) is 5.16. The second-order valence-corrected chi connectivity index (χ2v) is 4.69. The van der Waals surface area contributed by atoms with E-state index in [1.807, 2.05) is 0 Å². The molecule has 0 aliphatic rings. The van der Waals surface area contributed by atoms with Crippen LogP contribution in [0.2, 0.25) is 0 Å². The molecule has 0 N–H and O–H groups in total. The number of nitrogens with zero attached hydrogens (tertiary/aromatic N) is 1. The van der Waals surface area contributed by atoms with E-state index in [1.54, 1.807) is 0 Å². The molecule has 0 aliphatic carbocycles. The molecule has 3 rings (SSSR count). The number of hydrogen-bond donors (Lipinski definition) is 0. The van der Waals surface area contributed by atoms with Gasteiger partial charge in [-0.1, -0.05) is 40.2 Å². The van der Waals surface area contributed by atoms with Gasteiger partial charge in [-0.3, -0.25) is 0 Å². The number of benzene rings is 2. The molecular formula is C14H10BrN. The molecule has 0 saturated heterocycles. The quantitative estimate of drug-likeness (QED) is 0.619. The van der Waals surface area contributed by atoms with Crippen LogP contribution in [0.15, 0.2) is 65.4 Å². The third-order valence-electron chi connectivity index (χ3n) is 2.68. The van der Waals surface area contributed by atoms with Crippen molar-refractivity contribution < 1.29 is 0 Å². The summed E-state index contributed by atoms with van der Waals surface area (Å²) in [6.07, 6.45) is 4.30. The highest BCUT2D eigenvalue weighted by molar-refractivity contribution is 9.10. The molecule has 0 unspecified atom stereocenters. The topological polar surface area (TPSA) is 4.93 Å². The zero-order chi connectivity index (χ0) is 11.0. The molecule has 3 aromatic rings. The van der Waals surface area contributed by atoms with Crippen LogP contribution in [-0.2, 0) is 0 Å². The molecule has 0 spiro atoms. The van der Waals surface area contributed by atoms with E-state index in [0.717, 1.165) is 4.47 Å². The van der Waals surface area contributed by atoms with Crippen LogP contribution >= 0.6 is 15.9 Å². The van der Waals surface area contributed by atoms with Gasteiger partial charge in [-0.25, -0.2) is 0 Å². The van der Waals surface area contributed by atoms with E-state index in [9.17, 15) is 0 Å². The summed E-state index contributed by atoms with van der Waals surface area (Å²) in [5, 5.41) is 2.54. The van der Waals surface area contributed by atoms with Crippen molar-refractivity contribution in [3.63, 3.8) is 0 Å². The Morgan fingerprint density at radius 2 is 1.31 bits per heavy atom. The van der Waals surface area contributed by atoms with E-state index < -0.39 is 0 Å². The minimum absolute atomic E-state index is 1.10. The Hall–Kier alpha value is -1.54. The van der Waals surface area contributed by atoms with Crippen molar-refractivity contribution in [3.05, 3.63) is 65.4 Å². The average Bonchev–Trinajstić information content (AvgIpc) is 2.73. The second-order valence-electron chi connectivity index (χ2n) is 3.77. The molecule has 1 heterocycles. The van der Waals surface area contributed by atoms with Crippen molar-refractivity contribution in [2.24, 2.45) is 0 Å². The summed E-state index contributed by atoms with van der Waals surface area (Å²) in [6.45, 7) is 0. The molecule has 0 radical (unpaired) electrons. The fourth-order valence-corrected chi connectivity index (χ4v) is 2.11. The summed E-state index contributed by atoms with van der Waals surface area (Å²) in [7, 11) is 0. The Labute approximate surface area is 102 Å². The van der Waals surface area contributed by atoms with Gasteiger partial charge in [0.1, 0.15) is 0 Å². The van der Waals surface area contributed by atoms with Crippen molar-refractivity contribution in [3.8, 4) is 5.69 Å². The molecule has 16 heavy (non-hydrogen) atoms. The summed E-state index contributed by atoms with van der Waals surface area (Å²) in [5.74, 6) is 0. The Kier molecular flexibility index (Phi) is 2.29. The molecule has 0 atom stereocenters. The molecule has 78 valence electrons. The molecule has 0 fully saturated rings. The number of aromatic nitrogens is 1.